The smallest absolute Gasteiger partial charge is 0.147 e. The average molecular weight is 282 g/mol. The van der Waals surface area contributed by atoms with Gasteiger partial charge in [0.25, 0.3) is 0 Å². The van der Waals surface area contributed by atoms with Crippen LogP contribution in [0.5, 0.6) is 0 Å². The van der Waals surface area contributed by atoms with Crippen molar-refractivity contribution >= 4 is 17.4 Å². The number of rotatable bonds is 4. The molecule has 1 saturated heterocycles. The molecule has 0 aliphatic carbocycles. The number of halogens is 1. The molecule has 2 atom stereocenters. The lowest BCUT2D eigenvalue weighted by molar-refractivity contribution is 0.588. The molecular formula is C15H24ClN3. The van der Waals surface area contributed by atoms with E-state index in [1.807, 2.05) is 12.3 Å². The van der Waals surface area contributed by atoms with E-state index in [1.165, 1.54) is 6.42 Å². The first-order chi connectivity index (χ1) is 8.97. The number of hydrogen-bond donors (Lipinski definition) is 1. The van der Waals surface area contributed by atoms with E-state index in [9.17, 15) is 0 Å². The van der Waals surface area contributed by atoms with Crippen LogP contribution in [-0.2, 0) is 6.54 Å². The van der Waals surface area contributed by atoms with Gasteiger partial charge in [0.2, 0.25) is 0 Å². The van der Waals surface area contributed by atoms with Crippen molar-refractivity contribution in [3.8, 4) is 0 Å². The number of anilines is 1. The van der Waals surface area contributed by atoms with Gasteiger partial charge in [-0.2, -0.15) is 0 Å². The van der Waals surface area contributed by atoms with Crippen LogP contribution < -0.4 is 10.2 Å². The summed E-state index contributed by atoms with van der Waals surface area (Å²) in [6.45, 7) is 10.7. The van der Waals surface area contributed by atoms with E-state index >= 15 is 0 Å². The first-order valence-corrected chi connectivity index (χ1v) is 7.49. The Labute approximate surface area is 121 Å². The molecule has 0 amide bonds. The van der Waals surface area contributed by atoms with Crippen LogP contribution in [0.15, 0.2) is 12.3 Å². The van der Waals surface area contributed by atoms with Crippen molar-refractivity contribution in [3.05, 3.63) is 22.8 Å². The van der Waals surface area contributed by atoms with Gasteiger partial charge >= 0.3 is 0 Å². The van der Waals surface area contributed by atoms with Gasteiger partial charge in [-0.15, -0.1) is 0 Å². The minimum Gasteiger partial charge on any atom is -0.352 e. The molecule has 0 spiro atoms. The molecule has 0 bridgehead atoms. The molecule has 106 valence electrons. The maximum absolute atomic E-state index is 6.41. The molecule has 4 heteroatoms. The molecule has 0 aromatic carbocycles. The highest BCUT2D eigenvalue weighted by Gasteiger charge is 2.28. The Morgan fingerprint density at radius 2 is 2.21 bits per heavy atom. The third-order valence-electron chi connectivity index (χ3n) is 3.65. The second kappa shape index (κ2) is 6.10. The zero-order valence-electron chi connectivity index (χ0n) is 12.3. The average Bonchev–Trinajstić information content (AvgIpc) is 2.66. The molecule has 1 aromatic rings. The fourth-order valence-corrected chi connectivity index (χ4v) is 2.99. The Kier molecular flexibility index (Phi) is 4.69. The van der Waals surface area contributed by atoms with Gasteiger partial charge in [0.05, 0.1) is 5.02 Å². The minimum absolute atomic E-state index is 0.470. The van der Waals surface area contributed by atoms with Crippen molar-refractivity contribution in [3.63, 3.8) is 0 Å². The summed E-state index contributed by atoms with van der Waals surface area (Å²) in [6.07, 6.45) is 3.15. The SMILES string of the molecule is CC1CC(C)N(c2ncc(CNC(C)C)cc2Cl)C1. The van der Waals surface area contributed by atoms with Crippen LogP contribution in [0.1, 0.15) is 39.7 Å². The Morgan fingerprint density at radius 1 is 1.47 bits per heavy atom. The number of pyridine rings is 1. The lowest BCUT2D eigenvalue weighted by atomic mass is 10.1. The van der Waals surface area contributed by atoms with Gasteiger partial charge < -0.3 is 10.2 Å². The fraction of sp³-hybridized carbons (Fsp3) is 0.667. The van der Waals surface area contributed by atoms with Crippen molar-refractivity contribution in [2.75, 3.05) is 11.4 Å². The van der Waals surface area contributed by atoms with Crippen LogP contribution in [0.4, 0.5) is 5.82 Å². The third kappa shape index (κ3) is 3.61. The molecule has 2 heterocycles. The number of nitrogens with zero attached hydrogens (tertiary/aromatic N) is 2. The number of aromatic nitrogens is 1. The van der Waals surface area contributed by atoms with Crippen LogP contribution in [0.3, 0.4) is 0 Å². The molecule has 1 fully saturated rings. The van der Waals surface area contributed by atoms with E-state index in [0.717, 1.165) is 35.4 Å². The Morgan fingerprint density at radius 3 is 2.74 bits per heavy atom. The lowest BCUT2D eigenvalue weighted by Crippen LogP contribution is -2.28. The summed E-state index contributed by atoms with van der Waals surface area (Å²) in [7, 11) is 0. The van der Waals surface area contributed by atoms with Gasteiger partial charge in [0, 0.05) is 31.4 Å². The summed E-state index contributed by atoms with van der Waals surface area (Å²) in [6, 6.07) is 3.03. The predicted octanol–water partition coefficient (Wildman–Crippen LogP) is 3.47. The molecule has 2 rings (SSSR count). The zero-order chi connectivity index (χ0) is 14.0. The maximum atomic E-state index is 6.41. The van der Waals surface area contributed by atoms with Crippen LogP contribution in [-0.4, -0.2) is 23.6 Å². The third-order valence-corrected chi connectivity index (χ3v) is 3.93. The predicted molar refractivity (Wildman–Crippen MR) is 81.8 cm³/mol. The topological polar surface area (TPSA) is 28.2 Å². The summed E-state index contributed by atoms with van der Waals surface area (Å²) in [5, 5.41) is 4.15. The second-order valence-corrected chi connectivity index (χ2v) is 6.43. The Bertz CT molecular complexity index is 433. The monoisotopic (exact) mass is 281 g/mol. The molecule has 2 unspecified atom stereocenters. The molecular weight excluding hydrogens is 258 g/mol. The highest BCUT2D eigenvalue weighted by atomic mass is 35.5. The molecule has 0 radical (unpaired) electrons. The largest absolute Gasteiger partial charge is 0.352 e. The number of nitrogens with one attached hydrogen (secondary N) is 1. The Balaban J connectivity index is 2.11. The molecule has 3 nitrogen and oxygen atoms in total. The van der Waals surface area contributed by atoms with Gasteiger partial charge in [-0.3, -0.25) is 0 Å². The lowest BCUT2D eigenvalue weighted by Gasteiger charge is -2.24. The summed E-state index contributed by atoms with van der Waals surface area (Å²) < 4.78 is 0. The van der Waals surface area contributed by atoms with Crippen molar-refractivity contribution in [1.82, 2.24) is 10.3 Å². The highest BCUT2D eigenvalue weighted by Crippen LogP contribution is 2.32. The number of hydrogen-bond acceptors (Lipinski definition) is 3. The summed E-state index contributed by atoms with van der Waals surface area (Å²) in [5.74, 6) is 1.65. The van der Waals surface area contributed by atoms with Gasteiger partial charge in [-0.1, -0.05) is 32.4 Å². The van der Waals surface area contributed by atoms with E-state index < -0.39 is 0 Å². The van der Waals surface area contributed by atoms with Gasteiger partial charge in [-0.05, 0) is 30.9 Å². The summed E-state index contributed by atoms with van der Waals surface area (Å²) in [5.41, 5.74) is 1.14. The van der Waals surface area contributed by atoms with Crippen molar-refractivity contribution in [1.29, 1.82) is 0 Å². The Hall–Kier alpha value is -0.800. The minimum atomic E-state index is 0.470. The van der Waals surface area contributed by atoms with Crippen LogP contribution in [0.2, 0.25) is 5.02 Å². The van der Waals surface area contributed by atoms with Crippen LogP contribution in [0, 0.1) is 5.92 Å². The molecule has 1 aromatic heterocycles. The first-order valence-electron chi connectivity index (χ1n) is 7.11. The summed E-state index contributed by atoms with van der Waals surface area (Å²) in [4.78, 5) is 6.90. The van der Waals surface area contributed by atoms with E-state index in [-0.39, 0.29) is 0 Å². The van der Waals surface area contributed by atoms with E-state index in [0.29, 0.717) is 12.1 Å². The van der Waals surface area contributed by atoms with Gasteiger partial charge in [0.15, 0.2) is 0 Å². The van der Waals surface area contributed by atoms with Crippen molar-refractivity contribution < 1.29 is 0 Å². The summed E-state index contributed by atoms with van der Waals surface area (Å²) >= 11 is 6.41. The highest BCUT2D eigenvalue weighted by molar-refractivity contribution is 6.33. The van der Waals surface area contributed by atoms with Gasteiger partial charge in [0.1, 0.15) is 5.82 Å². The van der Waals surface area contributed by atoms with Crippen LogP contribution >= 0.6 is 11.6 Å². The molecule has 0 saturated carbocycles. The molecule has 1 aliphatic heterocycles. The van der Waals surface area contributed by atoms with Gasteiger partial charge in [-0.25, -0.2) is 4.98 Å². The van der Waals surface area contributed by atoms with E-state index in [1.54, 1.807) is 0 Å². The quantitative estimate of drug-likeness (QED) is 0.916. The normalized spacial score (nSPS) is 23.4. The zero-order valence-corrected chi connectivity index (χ0v) is 13.0. The molecule has 1 aliphatic rings. The van der Waals surface area contributed by atoms with Crippen molar-refractivity contribution in [2.24, 2.45) is 5.92 Å². The van der Waals surface area contributed by atoms with E-state index in [4.69, 9.17) is 11.6 Å². The van der Waals surface area contributed by atoms with Crippen LogP contribution in [0.25, 0.3) is 0 Å². The van der Waals surface area contributed by atoms with E-state index in [2.05, 4.69) is 42.9 Å². The molecule has 19 heavy (non-hydrogen) atoms. The molecule has 1 N–H and O–H groups in total. The van der Waals surface area contributed by atoms with Crippen molar-refractivity contribution in [2.45, 2.75) is 52.7 Å². The fourth-order valence-electron chi connectivity index (χ4n) is 2.70. The maximum Gasteiger partial charge on any atom is 0.147 e. The first kappa shape index (κ1) is 14.6. The standard InChI is InChI=1S/C15H24ClN3/c1-10(2)17-7-13-6-14(16)15(18-8-13)19-9-11(3)5-12(19)4/h6,8,10-12,17H,5,7,9H2,1-4H3. The second-order valence-electron chi connectivity index (χ2n) is 6.03.